The second kappa shape index (κ2) is 17.8. The SMILES string of the molecule is O[C@@](c1ccccc1)(c1nccs1)[C@@H]1O[C@H](COCc2ccccc2)[C@@H](OCc2ccccc2)[C@H](OCc2ccccc2)[C@H]1OCc1ccccc1. The third-order valence-electron chi connectivity index (χ3n) is 9.27. The highest BCUT2D eigenvalue weighted by Gasteiger charge is 2.57. The number of hydrogen-bond acceptors (Lipinski definition) is 8. The number of hydrogen-bond donors (Lipinski definition) is 1. The van der Waals surface area contributed by atoms with Crippen LogP contribution >= 0.6 is 11.3 Å². The molecule has 8 heteroatoms. The molecule has 0 radical (unpaired) electrons. The monoisotopic (exact) mass is 713 g/mol. The summed E-state index contributed by atoms with van der Waals surface area (Å²) in [5.74, 6) is 0. The summed E-state index contributed by atoms with van der Waals surface area (Å²) >= 11 is 1.37. The van der Waals surface area contributed by atoms with Crippen molar-refractivity contribution in [3.05, 3.63) is 196 Å². The zero-order valence-electron chi connectivity index (χ0n) is 28.9. The van der Waals surface area contributed by atoms with Crippen molar-refractivity contribution in [3.8, 4) is 0 Å². The van der Waals surface area contributed by atoms with Gasteiger partial charge in [-0.3, -0.25) is 0 Å². The predicted molar refractivity (Wildman–Crippen MR) is 201 cm³/mol. The third-order valence-corrected chi connectivity index (χ3v) is 10.2. The third kappa shape index (κ3) is 8.74. The van der Waals surface area contributed by atoms with Crippen molar-refractivity contribution in [3.63, 3.8) is 0 Å². The van der Waals surface area contributed by atoms with E-state index in [4.69, 9.17) is 23.7 Å². The van der Waals surface area contributed by atoms with Gasteiger partial charge in [0, 0.05) is 11.6 Å². The Hall–Kier alpha value is -4.51. The number of aromatic nitrogens is 1. The Bertz CT molecular complexity index is 1880. The van der Waals surface area contributed by atoms with E-state index in [1.165, 1.54) is 11.3 Å². The van der Waals surface area contributed by atoms with Crippen molar-refractivity contribution in [1.82, 2.24) is 4.98 Å². The number of thiazole rings is 1. The van der Waals surface area contributed by atoms with Gasteiger partial charge in [0.05, 0.1) is 33.0 Å². The van der Waals surface area contributed by atoms with Crippen molar-refractivity contribution in [2.45, 2.75) is 62.5 Å². The van der Waals surface area contributed by atoms with Crippen LogP contribution in [0.2, 0.25) is 0 Å². The normalized spacial score (nSPS) is 21.4. The molecule has 6 atom stereocenters. The molecular weight excluding hydrogens is 671 g/mol. The van der Waals surface area contributed by atoms with Gasteiger partial charge in [-0.25, -0.2) is 4.98 Å². The molecule has 266 valence electrons. The molecule has 0 unspecified atom stereocenters. The van der Waals surface area contributed by atoms with Gasteiger partial charge in [-0.15, -0.1) is 11.3 Å². The molecule has 1 aromatic heterocycles. The molecule has 6 aromatic rings. The molecule has 0 saturated carbocycles. The first kappa shape index (κ1) is 35.9. The fourth-order valence-corrected chi connectivity index (χ4v) is 7.42. The van der Waals surface area contributed by atoms with Crippen molar-refractivity contribution in [2.24, 2.45) is 0 Å². The number of aliphatic hydroxyl groups is 1. The van der Waals surface area contributed by atoms with Gasteiger partial charge in [0.1, 0.15) is 35.5 Å². The minimum absolute atomic E-state index is 0.185. The fraction of sp³-hybridized carbons (Fsp3) is 0.250. The van der Waals surface area contributed by atoms with E-state index in [0.29, 0.717) is 30.4 Å². The predicted octanol–water partition coefficient (Wildman–Crippen LogP) is 8.12. The van der Waals surface area contributed by atoms with E-state index >= 15 is 0 Å². The Morgan fingerprint density at radius 2 is 1.00 bits per heavy atom. The van der Waals surface area contributed by atoms with E-state index in [1.54, 1.807) is 6.20 Å². The maximum Gasteiger partial charge on any atom is 0.170 e. The Kier molecular flexibility index (Phi) is 12.3. The van der Waals surface area contributed by atoms with Gasteiger partial charge in [0.25, 0.3) is 0 Å². The molecule has 1 aliphatic heterocycles. The van der Waals surface area contributed by atoms with Crippen LogP contribution in [0.3, 0.4) is 0 Å². The molecule has 5 aromatic carbocycles. The van der Waals surface area contributed by atoms with Gasteiger partial charge < -0.3 is 28.8 Å². The first-order chi connectivity index (χ1) is 25.7. The van der Waals surface area contributed by atoms with Gasteiger partial charge in [0.2, 0.25) is 0 Å². The molecule has 1 aliphatic rings. The van der Waals surface area contributed by atoms with E-state index in [9.17, 15) is 5.11 Å². The summed E-state index contributed by atoms with van der Waals surface area (Å²) in [5, 5.41) is 15.5. The highest BCUT2D eigenvalue weighted by atomic mass is 32.1. The highest BCUT2D eigenvalue weighted by Crippen LogP contribution is 2.43. The fourth-order valence-electron chi connectivity index (χ4n) is 6.64. The molecular formula is C44H43NO6S. The lowest BCUT2D eigenvalue weighted by Crippen LogP contribution is -2.66. The quantitative estimate of drug-likeness (QED) is 0.109. The Morgan fingerprint density at radius 3 is 1.48 bits per heavy atom. The van der Waals surface area contributed by atoms with E-state index in [1.807, 2.05) is 157 Å². The lowest BCUT2D eigenvalue weighted by Gasteiger charge is -2.50. The van der Waals surface area contributed by atoms with Crippen LogP contribution in [0.25, 0.3) is 0 Å². The van der Waals surface area contributed by atoms with Crippen LogP contribution in [0.1, 0.15) is 32.8 Å². The zero-order chi connectivity index (χ0) is 35.4. The summed E-state index contributed by atoms with van der Waals surface area (Å²) in [6.07, 6.45) is -2.03. The number of nitrogens with zero attached hydrogens (tertiary/aromatic N) is 1. The van der Waals surface area contributed by atoms with E-state index in [2.05, 4.69) is 4.98 Å². The van der Waals surface area contributed by atoms with Crippen LogP contribution < -0.4 is 0 Å². The second-order valence-corrected chi connectivity index (χ2v) is 13.7. The standard InChI is InChI=1S/C44H43NO6S/c46-44(43-45-26-27-52-43,37-24-14-5-15-25-37)42-41(50-31-36-22-12-4-13-23-36)40(49-30-35-20-10-3-11-21-35)39(48-29-34-18-8-2-9-19-34)38(51-42)32-47-28-33-16-6-1-7-17-33/h1-27,38-42,46H,28-32H2/t38-,39-,40+,41-,42-,44-/m1/s1. The number of ether oxygens (including phenoxy) is 5. The first-order valence-corrected chi connectivity index (χ1v) is 18.5. The summed E-state index contributed by atoms with van der Waals surface area (Å²) in [6, 6.07) is 49.7. The van der Waals surface area contributed by atoms with E-state index in [-0.39, 0.29) is 13.2 Å². The summed E-state index contributed by atoms with van der Waals surface area (Å²) < 4.78 is 34.1. The van der Waals surface area contributed by atoms with Crippen LogP contribution in [0, 0.1) is 0 Å². The topological polar surface area (TPSA) is 79.3 Å². The van der Waals surface area contributed by atoms with Crippen molar-refractivity contribution in [2.75, 3.05) is 6.61 Å². The van der Waals surface area contributed by atoms with Crippen LogP contribution in [-0.2, 0) is 55.7 Å². The summed E-state index contributed by atoms with van der Waals surface area (Å²) in [6.45, 7) is 1.45. The average Bonchev–Trinajstić information content (AvgIpc) is 3.77. The summed E-state index contributed by atoms with van der Waals surface area (Å²) in [4.78, 5) is 4.66. The molecule has 2 heterocycles. The van der Waals surface area contributed by atoms with Crippen LogP contribution in [0.15, 0.2) is 163 Å². The molecule has 1 N–H and O–H groups in total. The minimum Gasteiger partial charge on any atom is -0.375 e. The highest BCUT2D eigenvalue weighted by molar-refractivity contribution is 7.09. The molecule has 1 fully saturated rings. The van der Waals surface area contributed by atoms with Crippen molar-refractivity contribution >= 4 is 11.3 Å². The maximum absolute atomic E-state index is 13.2. The van der Waals surface area contributed by atoms with Crippen LogP contribution in [0.5, 0.6) is 0 Å². The van der Waals surface area contributed by atoms with E-state index in [0.717, 1.165) is 22.3 Å². The molecule has 7 nitrogen and oxygen atoms in total. The van der Waals surface area contributed by atoms with Gasteiger partial charge in [-0.05, 0) is 27.8 Å². The molecule has 0 amide bonds. The summed E-state index contributed by atoms with van der Waals surface area (Å²) in [7, 11) is 0. The largest absolute Gasteiger partial charge is 0.375 e. The van der Waals surface area contributed by atoms with Gasteiger partial charge in [0.15, 0.2) is 5.60 Å². The zero-order valence-corrected chi connectivity index (χ0v) is 29.7. The average molecular weight is 714 g/mol. The van der Waals surface area contributed by atoms with Crippen molar-refractivity contribution < 1.29 is 28.8 Å². The first-order valence-electron chi connectivity index (χ1n) is 17.6. The maximum atomic E-state index is 13.2. The number of benzene rings is 5. The van der Waals surface area contributed by atoms with E-state index < -0.39 is 36.1 Å². The van der Waals surface area contributed by atoms with Crippen LogP contribution in [-0.4, -0.2) is 47.2 Å². The molecule has 0 spiro atoms. The van der Waals surface area contributed by atoms with Gasteiger partial charge in [-0.2, -0.15) is 0 Å². The van der Waals surface area contributed by atoms with Crippen LogP contribution in [0.4, 0.5) is 0 Å². The molecule has 0 bridgehead atoms. The second-order valence-electron chi connectivity index (χ2n) is 12.8. The summed E-state index contributed by atoms with van der Waals surface area (Å²) in [5.41, 5.74) is 2.98. The van der Waals surface area contributed by atoms with Gasteiger partial charge in [-0.1, -0.05) is 152 Å². The molecule has 0 aliphatic carbocycles. The molecule has 1 saturated heterocycles. The lowest BCUT2D eigenvalue weighted by molar-refractivity contribution is -0.299. The Morgan fingerprint density at radius 1 is 0.558 bits per heavy atom. The van der Waals surface area contributed by atoms with Gasteiger partial charge >= 0.3 is 0 Å². The Labute approximate surface area is 309 Å². The van der Waals surface area contributed by atoms with Crippen molar-refractivity contribution in [1.29, 1.82) is 0 Å². The number of rotatable bonds is 16. The lowest BCUT2D eigenvalue weighted by atomic mass is 9.80. The molecule has 7 rings (SSSR count). The molecule has 52 heavy (non-hydrogen) atoms. The Balaban J connectivity index is 1.31. The smallest absolute Gasteiger partial charge is 0.170 e. The minimum atomic E-state index is -1.70.